The molecule has 0 saturated carbocycles. The Kier molecular flexibility index (Phi) is 5.72. The molecule has 1 rings (SSSR count). The first-order valence-electron chi connectivity index (χ1n) is 6.71. The monoisotopic (exact) mass is 294 g/mol. The number of carbonyl (C=O) groups excluding carboxylic acids is 1. The zero-order valence-corrected chi connectivity index (χ0v) is 12.6. The second-order valence-electron chi connectivity index (χ2n) is 5.77. The molecule has 1 atom stereocenters. The summed E-state index contributed by atoms with van der Waals surface area (Å²) in [6, 6.07) is 6.25. The number of carboxylic acids is 1. The summed E-state index contributed by atoms with van der Waals surface area (Å²) in [4.78, 5) is 22.9. The number of alkyl carbamates (subject to hydrolysis) is 1. The molecule has 1 aromatic carbocycles. The molecule has 0 aliphatic heterocycles. The highest BCUT2D eigenvalue weighted by atomic mass is 16.6. The zero-order valence-electron chi connectivity index (χ0n) is 12.6. The number of carboxylic acid groups (broad SMARTS) is 1. The summed E-state index contributed by atoms with van der Waals surface area (Å²) in [6.07, 6.45) is -0.576. The number of carbonyl (C=O) groups is 2. The molecule has 6 nitrogen and oxygen atoms in total. The van der Waals surface area contributed by atoms with Gasteiger partial charge in [-0.1, -0.05) is 24.3 Å². The van der Waals surface area contributed by atoms with Crippen LogP contribution in [-0.2, 0) is 22.5 Å². The highest BCUT2D eigenvalue weighted by Gasteiger charge is 2.24. The molecule has 0 saturated heterocycles. The molecule has 1 unspecified atom stereocenters. The van der Waals surface area contributed by atoms with E-state index in [4.69, 9.17) is 10.5 Å². The van der Waals surface area contributed by atoms with Crippen LogP contribution in [0.1, 0.15) is 31.9 Å². The Bertz CT molecular complexity index is 509. The van der Waals surface area contributed by atoms with Crippen molar-refractivity contribution in [2.75, 3.05) is 0 Å². The molecule has 1 amide bonds. The molecule has 1 aromatic rings. The summed E-state index contributed by atoms with van der Waals surface area (Å²) in [5, 5.41) is 11.6. The number of hydrogen-bond donors (Lipinski definition) is 3. The Balaban J connectivity index is 2.74. The van der Waals surface area contributed by atoms with Crippen molar-refractivity contribution >= 4 is 12.1 Å². The molecule has 21 heavy (non-hydrogen) atoms. The quantitative estimate of drug-likeness (QED) is 0.766. The summed E-state index contributed by atoms with van der Waals surface area (Å²) in [5.74, 6) is -1.11. The Hall–Kier alpha value is -2.08. The van der Waals surface area contributed by atoms with E-state index in [-0.39, 0.29) is 6.42 Å². The second-order valence-corrected chi connectivity index (χ2v) is 5.77. The maximum absolute atomic E-state index is 11.7. The molecular weight excluding hydrogens is 272 g/mol. The van der Waals surface area contributed by atoms with E-state index in [1.807, 2.05) is 18.2 Å². The first-order chi connectivity index (χ1) is 9.71. The van der Waals surface area contributed by atoms with E-state index < -0.39 is 23.7 Å². The van der Waals surface area contributed by atoms with E-state index in [1.165, 1.54) is 0 Å². The number of aliphatic carboxylic acids is 1. The summed E-state index contributed by atoms with van der Waals surface area (Å²) in [7, 11) is 0. The van der Waals surface area contributed by atoms with Gasteiger partial charge in [-0.05, 0) is 31.9 Å². The molecule has 0 aliphatic carbocycles. The van der Waals surface area contributed by atoms with Crippen LogP contribution < -0.4 is 11.1 Å². The van der Waals surface area contributed by atoms with Gasteiger partial charge in [0.05, 0.1) is 0 Å². The summed E-state index contributed by atoms with van der Waals surface area (Å²) < 4.78 is 5.07. The highest BCUT2D eigenvalue weighted by molar-refractivity contribution is 5.80. The fraction of sp³-hybridized carbons (Fsp3) is 0.467. The van der Waals surface area contributed by atoms with Crippen LogP contribution in [0.3, 0.4) is 0 Å². The first kappa shape index (κ1) is 17.0. The molecule has 0 radical (unpaired) electrons. The fourth-order valence-electron chi connectivity index (χ4n) is 1.77. The van der Waals surface area contributed by atoms with Crippen LogP contribution in [0.25, 0.3) is 0 Å². The van der Waals surface area contributed by atoms with Gasteiger partial charge in [-0.15, -0.1) is 0 Å². The molecule has 0 aromatic heterocycles. The minimum absolute atomic E-state index is 0.169. The van der Waals surface area contributed by atoms with Crippen molar-refractivity contribution in [2.45, 2.75) is 45.4 Å². The van der Waals surface area contributed by atoms with Gasteiger partial charge in [-0.25, -0.2) is 9.59 Å². The highest BCUT2D eigenvalue weighted by Crippen LogP contribution is 2.10. The fourth-order valence-corrected chi connectivity index (χ4v) is 1.77. The van der Waals surface area contributed by atoms with E-state index in [9.17, 15) is 14.7 Å². The average molecular weight is 294 g/mol. The maximum Gasteiger partial charge on any atom is 0.408 e. The summed E-state index contributed by atoms with van der Waals surface area (Å²) in [6.45, 7) is 5.53. The van der Waals surface area contributed by atoms with Gasteiger partial charge >= 0.3 is 12.1 Å². The third kappa shape index (κ3) is 6.27. The van der Waals surface area contributed by atoms with Gasteiger partial charge in [0.25, 0.3) is 0 Å². The lowest BCUT2D eigenvalue weighted by molar-refractivity contribution is -0.139. The Morgan fingerprint density at radius 1 is 1.33 bits per heavy atom. The van der Waals surface area contributed by atoms with Crippen molar-refractivity contribution in [2.24, 2.45) is 5.73 Å². The normalized spacial score (nSPS) is 12.6. The number of rotatable bonds is 5. The lowest BCUT2D eigenvalue weighted by Crippen LogP contribution is -2.44. The minimum Gasteiger partial charge on any atom is -0.480 e. The van der Waals surface area contributed by atoms with Crippen molar-refractivity contribution in [1.29, 1.82) is 0 Å². The smallest absolute Gasteiger partial charge is 0.408 e. The Labute approximate surface area is 124 Å². The number of ether oxygens (including phenoxy) is 1. The van der Waals surface area contributed by atoms with Crippen LogP contribution in [0.15, 0.2) is 24.3 Å². The average Bonchev–Trinajstić information content (AvgIpc) is 2.36. The van der Waals surface area contributed by atoms with Gasteiger partial charge in [0, 0.05) is 13.0 Å². The second kappa shape index (κ2) is 7.08. The van der Waals surface area contributed by atoms with Crippen LogP contribution in [0.5, 0.6) is 0 Å². The molecular formula is C15H22N2O4. The van der Waals surface area contributed by atoms with Crippen LogP contribution in [-0.4, -0.2) is 28.8 Å². The van der Waals surface area contributed by atoms with Crippen molar-refractivity contribution in [3.05, 3.63) is 35.4 Å². The Morgan fingerprint density at radius 2 is 1.95 bits per heavy atom. The van der Waals surface area contributed by atoms with E-state index in [1.54, 1.807) is 26.8 Å². The molecule has 0 bridgehead atoms. The van der Waals surface area contributed by atoms with Crippen molar-refractivity contribution in [3.8, 4) is 0 Å². The summed E-state index contributed by atoms with van der Waals surface area (Å²) >= 11 is 0. The number of nitrogens with two attached hydrogens (primary N) is 1. The van der Waals surface area contributed by atoms with Crippen molar-refractivity contribution in [1.82, 2.24) is 5.32 Å². The molecule has 0 spiro atoms. The van der Waals surface area contributed by atoms with Crippen molar-refractivity contribution in [3.63, 3.8) is 0 Å². The SMILES string of the molecule is CC(C)(C)OC(=O)NC(Cc1cccc(CN)c1)C(=O)O. The van der Waals surface area contributed by atoms with Gasteiger partial charge in [0.2, 0.25) is 0 Å². The van der Waals surface area contributed by atoms with Gasteiger partial charge in [-0.2, -0.15) is 0 Å². The van der Waals surface area contributed by atoms with E-state index >= 15 is 0 Å². The Morgan fingerprint density at radius 3 is 2.48 bits per heavy atom. The zero-order chi connectivity index (χ0) is 16.0. The number of nitrogens with one attached hydrogen (secondary N) is 1. The molecule has 0 heterocycles. The van der Waals surface area contributed by atoms with Crippen molar-refractivity contribution < 1.29 is 19.4 Å². The largest absolute Gasteiger partial charge is 0.480 e. The van der Waals surface area contributed by atoms with Crippen LogP contribution >= 0.6 is 0 Å². The first-order valence-corrected chi connectivity index (χ1v) is 6.71. The topological polar surface area (TPSA) is 102 Å². The van der Waals surface area contributed by atoms with Gasteiger partial charge in [0.15, 0.2) is 0 Å². The predicted molar refractivity (Wildman–Crippen MR) is 78.8 cm³/mol. The third-order valence-corrected chi connectivity index (χ3v) is 2.66. The number of amides is 1. The molecule has 0 aliphatic rings. The van der Waals surface area contributed by atoms with E-state index in [2.05, 4.69) is 5.32 Å². The maximum atomic E-state index is 11.7. The lowest BCUT2D eigenvalue weighted by atomic mass is 10.0. The van der Waals surface area contributed by atoms with Gasteiger partial charge < -0.3 is 20.9 Å². The number of benzene rings is 1. The standard InChI is InChI=1S/C15H22N2O4/c1-15(2,3)21-14(20)17-12(13(18)19)8-10-5-4-6-11(7-10)9-16/h4-7,12H,8-9,16H2,1-3H3,(H,17,20)(H,18,19). The molecule has 6 heteroatoms. The molecule has 116 valence electrons. The minimum atomic E-state index is -1.11. The van der Waals surface area contributed by atoms with Crippen LogP contribution in [0, 0.1) is 0 Å². The third-order valence-electron chi connectivity index (χ3n) is 2.66. The van der Waals surface area contributed by atoms with Gasteiger partial charge in [-0.3, -0.25) is 0 Å². The summed E-state index contributed by atoms with van der Waals surface area (Å²) in [5.41, 5.74) is 6.58. The lowest BCUT2D eigenvalue weighted by Gasteiger charge is -2.22. The van der Waals surface area contributed by atoms with Gasteiger partial charge in [0.1, 0.15) is 11.6 Å². The van der Waals surface area contributed by atoms with Crippen LogP contribution in [0.2, 0.25) is 0 Å². The molecule has 0 fully saturated rings. The van der Waals surface area contributed by atoms with E-state index in [0.29, 0.717) is 6.54 Å². The van der Waals surface area contributed by atoms with E-state index in [0.717, 1.165) is 11.1 Å². The predicted octanol–water partition coefficient (Wildman–Crippen LogP) is 1.67. The molecule has 4 N–H and O–H groups in total. The van der Waals surface area contributed by atoms with Crippen LogP contribution in [0.4, 0.5) is 4.79 Å². The number of hydrogen-bond acceptors (Lipinski definition) is 4.